The Bertz CT molecular complexity index is 747. The van der Waals surface area contributed by atoms with E-state index in [0.29, 0.717) is 12.0 Å². The molecule has 0 heterocycles. The average molecular weight is 504 g/mol. The summed E-state index contributed by atoms with van der Waals surface area (Å²) in [5, 5.41) is 38.2. The van der Waals surface area contributed by atoms with Crippen molar-refractivity contribution in [3.05, 3.63) is 0 Å². The van der Waals surface area contributed by atoms with Gasteiger partial charge in [0.2, 0.25) is 5.91 Å². The lowest BCUT2D eigenvalue weighted by Crippen LogP contribution is -2.38. The number of rotatable bonds is 15. The van der Waals surface area contributed by atoms with Gasteiger partial charge in [-0.2, -0.15) is 8.42 Å². The predicted octanol–water partition coefficient (Wildman–Crippen LogP) is -1.52. The highest BCUT2D eigenvalue weighted by molar-refractivity contribution is 7.95. The molecule has 32 heavy (non-hydrogen) atoms. The molecule has 0 fully saturated rings. The van der Waals surface area contributed by atoms with E-state index < -0.39 is 69.6 Å². The van der Waals surface area contributed by atoms with Gasteiger partial charge in [0.15, 0.2) is 13.7 Å². The van der Waals surface area contributed by atoms with Gasteiger partial charge in [-0.05, 0) is 0 Å². The Kier molecular flexibility index (Phi) is 17.0. The summed E-state index contributed by atoms with van der Waals surface area (Å²) in [6.45, 7) is -0.598. The van der Waals surface area contributed by atoms with Gasteiger partial charge in [-0.3, -0.25) is 28.5 Å². The van der Waals surface area contributed by atoms with E-state index in [-0.39, 0.29) is 19.4 Å². The van der Waals surface area contributed by atoms with Gasteiger partial charge in [-0.1, -0.05) is 5.04 Å². The van der Waals surface area contributed by atoms with Crippen LogP contribution in [0.25, 0.3) is 0 Å². The first-order chi connectivity index (χ1) is 14.7. The maximum atomic E-state index is 11.1. The molecule has 0 saturated heterocycles. The number of carboxylic acid groups (broad SMARTS) is 3. The highest BCUT2D eigenvalue weighted by Crippen LogP contribution is 2.15. The molecule has 0 spiro atoms. The zero-order valence-electron chi connectivity index (χ0n) is 16.2. The number of hydrogen-bond donors (Lipinski definition) is 7. The minimum atomic E-state index is -4.60. The van der Waals surface area contributed by atoms with E-state index in [1.807, 2.05) is 5.32 Å². The molecule has 2 unspecified atom stereocenters. The summed E-state index contributed by atoms with van der Waals surface area (Å²) in [7, 11) is 0.173. The van der Waals surface area contributed by atoms with Crippen LogP contribution in [-0.2, 0) is 38.7 Å². The van der Waals surface area contributed by atoms with Crippen molar-refractivity contribution >= 4 is 59.6 Å². The number of carboxylic acids is 3. The molecule has 19 heteroatoms. The predicted molar refractivity (Wildman–Crippen MR) is 105 cm³/mol. The van der Waals surface area contributed by atoms with Crippen LogP contribution in [0.15, 0.2) is 0 Å². The fourth-order valence-electron chi connectivity index (χ4n) is 1.64. The molecule has 0 aromatic rings. The minimum absolute atomic E-state index is 0.00431. The SMILES string of the molecule is O=C(O)CCC(=O)NCC(CC(=O)O)S(=O)(=O)O.[B]C(=O)NCC(CC(=O)O)SOOO. The monoisotopic (exact) mass is 504 g/mol. The Balaban J connectivity index is 0. The van der Waals surface area contributed by atoms with E-state index in [1.165, 1.54) is 0 Å². The largest absolute Gasteiger partial charge is 0.481 e. The van der Waals surface area contributed by atoms with Crippen molar-refractivity contribution < 1.29 is 66.9 Å². The summed E-state index contributed by atoms with van der Waals surface area (Å²) in [5.74, 6) is -5.22. The van der Waals surface area contributed by atoms with Gasteiger partial charge in [0, 0.05) is 31.6 Å². The van der Waals surface area contributed by atoms with Crippen LogP contribution in [0.1, 0.15) is 25.7 Å². The first kappa shape index (κ1) is 31.7. The molecule has 0 aromatic carbocycles. The van der Waals surface area contributed by atoms with Crippen molar-refractivity contribution in [3.63, 3.8) is 0 Å². The molecule has 0 rings (SSSR count). The number of aliphatic carboxylic acids is 3. The van der Waals surface area contributed by atoms with E-state index in [0.717, 1.165) is 0 Å². The number of hydrogen-bond acceptors (Lipinski definition) is 11. The number of amides is 2. The third-order valence-electron chi connectivity index (χ3n) is 3.03. The number of carbonyl (C=O) groups excluding carboxylic acids is 2. The molecule has 0 aliphatic carbocycles. The highest BCUT2D eigenvalue weighted by Gasteiger charge is 2.26. The normalized spacial score (nSPS) is 12.4. The van der Waals surface area contributed by atoms with Crippen LogP contribution in [0.4, 0.5) is 4.79 Å². The van der Waals surface area contributed by atoms with Crippen LogP contribution in [0.3, 0.4) is 0 Å². The standard InChI is InChI=1S/C8H13NO8S.C5H8BNO6S/c10-6(1-2-7(11)12)9-4-5(3-8(13)14)18(15,16)17;6-5(10)7-2-3(1-4(8)9)14-13-12-11/h5H,1-4H2,(H,9,10)(H,11,12)(H,13,14)(H,15,16,17);3,11H,1-2H2,(H,7,10)(H,8,9). The maximum absolute atomic E-state index is 11.1. The van der Waals surface area contributed by atoms with Crippen molar-refractivity contribution in [1.82, 2.24) is 10.6 Å². The molecule has 7 N–H and O–H groups in total. The third kappa shape index (κ3) is 20.8. The fourth-order valence-corrected chi connectivity index (χ4v) is 2.79. The van der Waals surface area contributed by atoms with Crippen molar-refractivity contribution in [2.24, 2.45) is 0 Å². The zero-order chi connectivity index (χ0) is 25.3. The van der Waals surface area contributed by atoms with E-state index in [1.54, 1.807) is 0 Å². The lowest BCUT2D eigenvalue weighted by Gasteiger charge is -2.12. The second-order valence-corrected chi connectivity index (χ2v) is 8.33. The van der Waals surface area contributed by atoms with Crippen LogP contribution in [-0.4, -0.2) is 94.6 Å². The summed E-state index contributed by atoms with van der Waals surface area (Å²) in [5.41, 5.74) is 0. The minimum Gasteiger partial charge on any atom is -0.481 e. The quantitative estimate of drug-likeness (QED) is 0.0439. The molecule has 0 aliphatic rings. The van der Waals surface area contributed by atoms with Gasteiger partial charge in [0.25, 0.3) is 10.1 Å². The Morgan fingerprint density at radius 1 is 0.906 bits per heavy atom. The Morgan fingerprint density at radius 3 is 1.88 bits per heavy atom. The van der Waals surface area contributed by atoms with Gasteiger partial charge >= 0.3 is 17.9 Å². The van der Waals surface area contributed by atoms with E-state index in [4.69, 9.17) is 33.0 Å². The van der Waals surface area contributed by atoms with Gasteiger partial charge in [-0.15, -0.1) is 4.33 Å². The van der Waals surface area contributed by atoms with Crippen LogP contribution in [0.2, 0.25) is 0 Å². The topological polar surface area (TPSA) is 263 Å². The molecule has 2 atom stereocenters. The Labute approximate surface area is 186 Å². The number of carbonyl (C=O) groups is 5. The molecule has 16 nitrogen and oxygen atoms in total. The second kappa shape index (κ2) is 17.2. The lowest BCUT2D eigenvalue weighted by atomic mass is 10.1. The van der Waals surface area contributed by atoms with Gasteiger partial charge in [-0.25, -0.2) is 5.26 Å². The van der Waals surface area contributed by atoms with E-state index >= 15 is 0 Å². The fraction of sp³-hybridized carbons (Fsp3) is 0.615. The zero-order valence-corrected chi connectivity index (χ0v) is 17.8. The summed E-state index contributed by atoms with van der Waals surface area (Å²) in [6.07, 6.45) is -1.92. The molecular weight excluding hydrogens is 483 g/mol. The van der Waals surface area contributed by atoms with Crippen molar-refractivity contribution in [1.29, 1.82) is 0 Å². The molecule has 0 aromatic heterocycles. The number of nitrogens with one attached hydrogen (secondary N) is 2. The molecular formula is C13H21BN2O14S2. The van der Waals surface area contributed by atoms with E-state index in [9.17, 15) is 32.4 Å². The first-order valence-electron chi connectivity index (χ1n) is 8.24. The summed E-state index contributed by atoms with van der Waals surface area (Å²) in [6, 6.07) is 0. The molecule has 2 amide bonds. The summed E-state index contributed by atoms with van der Waals surface area (Å²) >= 11 is 0.569. The van der Waals surface area contributed by atoms with Crippen LogP contribution in [0, 0.1) is 0 Å². The van der Waals surface area contributed by atoms with Crippen molar-refractivity contribution in [2.45, 2.75) is 36.2 Å². The first-order valence-corrected chi connectivity index (χ1v) is 10.5. The summed E-state index contributed by atoms with van der Waals surface area (Å²) in [4.78, 5) is 52.2. The van der Waals surface area contributed by atoms with Gasteiger partial charge in [0.05, 0.1) is 24.5 Å². The highest BCUT2D eigenvalue weighted by atomic mass is 32.2. The van der Waals surface area contributed by atoms with Crippen molar-refractivity contribution in [2.75, 3.05) is 13.1 Å². The molecule has 0 saturated carbocycles. The van der Waals surface area contributed by atoms with Gasteiger partial charge < -0.3 is 26.0 Å². The van der Waals surface area contributed by atoms with Crippen LogP contribution >= 0.6 is 12.0 Å². The lowest BCUT2D eigenvalue weighted by molar-refractivity contribution is -0.432. The Morgan fingerprint density at radius 2 is 1.47 bits per heavy atom. The van der Waals surface area contributed by atoms with E-state index in [2.05, 4.69) is 14.7 Å². The molecule has 2 radical (unpaired) electrons. The van der Waals surface area contributed by atoms with Crippen LogP contribution < -0.4 is 10.6 Å². The molecule has 0 aliphatic heterocycles. The molecule has 0 bridgehead atoms. The molecule has 182 valence electrons. The smallest absolute Gasteiger partial charge is 0.304 e. The average Bonchev–Trinajstić information content (AvgIpc) is 2.64. The second-order valence-electron chi connectivity index (χ2n) is 5.64. The summed E-state index contributed by atoms with van der Waals surface area (Å²) < 4.78 is 34.4. The van der Waals surface area contributed by atoms with Gasteiger partial charge in [0.1, 0.15) is 5.25 Å². The van der Waals surface area contributed by atoms with Crippen LogP contribution in [0.5, 0.6) is 0 Å². The maximum Gasteiger partial charge on any atom is 0.304 e. The Hall–Kier alpha value is -2.45. The van der Waals surface area contributed by atoms with Crippen molar-refractivity contribution in [3.8, 4) is 0 Å². The third-order valence-corrected chi connectivity index (χ3v) is 4.95.